The standard InChI is InChI=1S/C21H20N2O4/c1-25-18-10-9-15(16-6-4-5-7-17(16)18)13-22-23-21(24)14-8-11-19(26-2)20(12-14)27-3/h4-13H,1-3H3,(H,23,24)/b22-13+. The number of carbonyl (C=O) groups excluding carboxylic acids is 1. The average Bonchev–Trinajstić information content (AvgIpc) is 2.73. The zero-order valence-corrected chi connectivity index (χ0v) is 15.4. The maximum atomic E-state index is 12.3. The Morgan fingerprint density at radius 2 is 1.52 bits per heavy atom. The molecule has 0 atom stereocenters. The number of hydrazone groups is 1. The third kappa shape index (κ3) is 3.84. The second kappa shape index (κ2) is 8.23. The molecule has 0 unspecified atom stereocenters. The summed E-state index contributed by atoms with van der Waals surface area (Å²) in [5.41, 5.74) is 3.83. The fourth-order valence-electron chi connectivity index (χ4n) is 2.79. The van der Waals surface area contributed by atoms with Crippen molar-refractivity contribution in [2.45, 2.75) is 0 Å². The zero-order valence-electron chi connectivity index (χ0n) is 15.4. The summed E-state index contributed by atoms with van der Waals surface area (Å²) >= 11 is 0. The molecule has 0 aliphatic carbocycles. The van der Waals surface area contributed by atoms with E-state index in [4.69, 9.17) is 14.2 Å². The van der Waals surface area contributed by atoms with E-state index in [9.17, 15) is 4.79 Å². The molecule has 0 aliphatic heterocycles. The third-order valence-corrected chi connectivity index (χ3v) is 4.15. The molecule has 0 saturated carbocycles. The monoisotopic (exact) mass is 364 g/mol. The van der Waals surface area contributed by atoms with Crippen LogP contribution in [0.15, 0.2) is 59.7 Å². The summed E-state index contributed by atoms with van der Waals surface area (Å²) in [5, 5.41) is 6.05. The molecule has 0 heterocycles. The third-order valence-electron chi connectivity index (χ3n) is 4.15. The van der Waals surface area contributed by atoms with Crippen LogP contribution in [0.1, 0.15) is 15.9 Å². The minimum Gasteiger partial charge on any atom is -0.496 e. The van der Waals surface area contributed by atoms with Gasteiger partial charge in [0.05, 0.1) is 27.5 Å². The second-order valence-electron chi connectivity index (χ2n) is 5.67. The Balaban J connectivity index is 1.80. The fourth-order valence-corrected chi connectivity index (χ4v) is 2.79. The second-order valence-corrected chi connectivity index (χ2v) is 5.67. The Hall–Kier alpha value is -3.54. The lowest BCUT2D eigenvalue weighted by atomic mass is 10.0. The molecule has 0 bridgehead atoms. The van der Waals surface area contributed by atoms with Gasteiger partial charge in [0.1, 0.15) is 5.75 Å². The lowest BCUT2D eigenvalue weighted by Crippen LogP contribution is -2.17. The van der Waals surface area contributed by atoms with E-state index < -0.39 is 0 Å². The number of fused-ring (bicyclic) bond motifs is 1. The number of amides is 1. The summed E-state index contributed by atoms with van der Waals surface area (Å²) in [7, 11) is 4.70. The van der Waals surface area contributed by atoms with Gasteiger partial charge in [-0.05, 0) is 35.7 Å². The maximum absolute atomic E-state index is 12.3. The molecule has 0 fully saturated rings. The van der Waals surface area contributed by atoms with Gasteiger partial charge in [-0.1, -0.05) is 24.3 Å². The predicted octanol–water partition coefficient (Wildman–Crippen LogP) is 3.63. The normalized spacial score (nSPS) is 10.8. The first kappa shape index (κ1) is 18.3. The van der Waals surface area contributed by atoms with Gasteiger partial charge in [-0.3, -0.25) is 4.79 Å². The molecule has 0 spiro atoms. The molecule has 138 valence electrons. The van der Waals surface area contributed by atoms with E-state index in [-0.39, 0.29) is 5.91 Å². The van der Waals surface area contributed by atoms with E-state index in [2.05, 4.69) is 10.5 Å². The molecule has 1 N–H and O–H groups in total. The zero-order chi connectivity index (χ0) is 19.2. The maximum Gasteiger partial charge on any atom is 0.271 e. The molecule has 3 aromatic rings. The molecular weight excluding hydrogens is 344 g/mol. The van der Waals surface area contributed by atoms with Crippen molar-refractivity contribution in [1.29, 1.82) is 0 Å². The molecule has 0 aromatic heterocycles. The topological polar surface area (TPSA) is 69.2 Å². The average molecular weight is 364 g/mol. The summed E-state index contributed by atoms with van der Waals surface area (Å²) in [6.07, 6.45) is 1.61. The van der Waals surface area contributed by atoms with E-state index in [1.807, 2.05) is 36.4 Å². The lowest BCUT2D eigenvalue weighted by molar-refractivity contribution is 0.0954. The highest BCUT2D eigenvalue weighted by Crippen LogP contribution is 2.28. The summed E-state index contributed by atoms with van der Waals surface area (Å²) in [6, 6.07) is 16.6. The molecule has 3 rings (SSSR count). The number of ether oxygens (including phenoxy) is 3. The summed E-state index contributed by atoms with van der Waals surface area (Å²) in [4.78, 5) is 12.3. The molecule has 3 aromatic carbocycles. The van der Waals surface area contributed by atoms with Gasteiger partial charge >= 0.3 is 0 Å². The number of nitrogens with one attached hydrogen (secondary N) is 1. The van der Waals surface area contributed by atoms with Crippen LogP contribution in [0.2, 0.25) is 0 Å². The molecule has 0 saturated heterocycles. The number of methoxy groups -OCH3 is 3. The highest BCUT2D eigenvalue weighted by atomic mass is 16.5. The van der Waals surface area contributed by atoms with Crippen LogP contribution in [0.4, 0.5) is 0 Å². The first-order valence-corrected chi connectivity index (χ1v) is 8.29. The van der Waals surface area contributed by atoms with Crippen LogP contribution in [-0.2, 0) is 0 Å². The van der Waals surface area contributed by atoms with Crippen LogP contribution >= 0.6 is 0 Å². The molecule has 6 nitrogen and oxygen atoms in total. The van der Waals surface area contributed by atoms with Gasteiger partial charge in [-0.25, -0.2) is 5.43 Å². The van der Waals surface area contributed by atoms with Crippen LogP contribution in [-0.4, -0.2) is 33.5 Å². The van der Waals surface area contributed by atoms with E-state index in [1.165, 1.54) is 7.11 Å². The summed E-state index contributed by atoms with van der Waals surface area (Å²) in [6.45, 7) is 0. The Kier molecular flexibility index (Phi) is 5.56. The number of hydrogen-bond acceptors (Lipinski definition) is 5. The first-order valence-electron chi connectivity index (χ1n) is 8.29. The Labute approximate surface area is 157 Å². The van der Waals surface area contributed by atoms with Crippen LogP contribution in [0, 0.1) is 0 Å². The lowest BCUT2D eigenvalue weighted by Gasteiger charge is -2.09. The number of carbonyl (C=O) groups is 1. The predicted molar refractivity (Wildman–Crippen MR) is 105 cm³/mol. The molecule has 27 heavy (non-hydrogen) atoms. The van der Waals surface area contributed by atoms with Crippen LogP contribution in [0.5, 0.6) is 17.2 Å². The van der Waals surface area contributed by atoms with Crippen molar-refractivity contribution in [2.75, 3.05) is 21.3 Å². The minimum absolute atomic E-state index is 0.343. The Morgan fingerprint density at radius 3 is 2.22 bits per heavy atom. The van der Waals surface area contributed by atoms with Crippen molar-refractivity contribution < 1.29 is 19.0 Å². The van der Waals surface area contributed by atoms with E-state index >= 15 is 0 Å². The van der Waals surface area contributed by atoms with E-state index in [0.29, 0.717) is 17.1 Å². The van der Waals surface area contributed by atoms with Crippen molar-refractivity contribution in [3.05, 3.63) is 65.7 Å². The quantitative estimate of drug-likeness (QED) is 0.536. The summed E-state index contributed by atoms with van der Waals surface area (Å²) < 4.78 is 15.8. The molecular formula is C21H20N2O4. The Morgan fingerprint density at radius 1 is 0.852 bits per heavy atom. The van der Waals surface area contributed by atoms with Crippen molar-refractivity contribution in [3.63, 3.8) is 0 Å². The highest BCUT2D eigenvalue weighted by Gasteiger charge is 2.10. The van der Waals surface area contributed by atoms with E-state index in [1.54, 1.807) is 38.6 Å². The number of nitrogens with zero attached hydrogens (tertiary/aromatic N) is 1. The van der Waals surface area contributed by atoms with Crippen LogP contribution < -0.4 is 19.6 Å². The fraction of sp³-hybridized carbons (Fsp3) is 0.143. The number of rotatable bonds is 6. The first-order chi connectivity index (χ1) is 13.2. The van der Waals surface area contributed by atoms with Crippen molar-refractivity contribution in [2.24, 2.45) is 5.10 Å². The Bertz CT molecular complexity index is 999. The van der Waals surface area contributed by atoms with Gasteiger partial charge in [0, 0.05) is 16.5 Å². The number of benzene rings is 3. The van der Waals surface area contributed by atoms with E-state index in [0.717, 1.165) is 22.1 Å². The number of hydrogen-bond donors (Lipinski definition) is 1. The van der Waals surface area contributed by atoms with Gasteiger partial charge in [-0.15, -0.1) is 0 Å². The van der Waals surface area contributed by atoms with Crippen LogP contribution in [0.25, 0.3) is 10.8 Å². The summed E-state index contributed by atoms with van der Waals surface area (Å²) in [5.74, 6) is 1.49. The van der Waals surface area contributed by atoms with Gasteiger partial charge in [-0.2, -0.15) is 5.10 Å². The molecule has 0 radical (unpaired) electrons. The smallest absolute Gasteiger partial charge is 0.271 e. The van der Waals surface area contributed by atoms with Crippen molar-refractivity contribution in [1.82, 2.24) is 5.43 Å². The molecule has 1 amide bonds. The molecule has 6 heteroatoms. The van der Waals surface area contributed by atoms with Gasteiger partial charge < -0.3 is 14.2 Å². The van der Waals surface area contributed by atoms with Gasteiger partial charge in [0.25, 0.3) is 5.91 Å². The van der Waals surface area contributed by atoms with Gasteiger partial charge in [0.15, 0.2) is 11.5 Å². The minimum atomic E-state index is -0.343. The van der Waals surface area contributed by atoms with Crippen molar-refractivity contribution >= 4 is 22.9 Å². The largest absolute Gasteiger partial charge is 0.496 e. The highest BCUT2D eigenvalue weighted by molar-refractivity contribution is 6.03. The van der Waals surface area contributed by atoms with Gasteiger partial charge in [0.2, 0.25) is 0 Å². The SMILES string of the molecule is COc1ccc(C(=O)N/N=C/c2ccc(OC)c3ccccc23)cc1OC. The molecule has 0 aliphatic rings. The van der Waals surface area contributed by atoms with Crippen molar-refractivity contribution in [3.8, 4) is 17.2 Å². The van der Waals surface area contributed by atoms with Crippen LogP contribution in [0.3, 0.4) is 0 Å².